The molecule has 2 N–H and O–H groups in total. The molecule has 0 unspecified atom stereocenters. The summed E-state index contributed by atoms with van der Waals surface area (Å²) in [5.41, 5.74) is 1.42. The minimum absolute atomic E-state index is 0.0430. The third kappa shape index (κ3) is 3.60. The number of hydrogen-bond acceptors (Lipinski definition) is 3. The fourth-order valence-corrected chi connectivity index (χ4v) is 2.52. The predicted octanol–water partition coefficient (Wildman–Crippen LogP) is 3.82. The smallest absolute Gasteiger partial charge is 0.261 e. The summed E-state index contributed by atoms with van der Waals surface area (Å²) in [4.78, 5) is 27.3. The average Bonchev–Trinajstić information content (AvgIpc) is 2.63. The minimum atomic E-state index is -0.598. The summed E-state index contributed by atoms with van der Waals surface area (Å²) in [6.45, 7) is 0. The highest BCUT2D eigenvalue weighted by molar-refractivity contribution is 6.30. The van der Waals surface area contributed by atoms with Gasteiger partial charge >= 0.3 is 0 Å². The van der Waals surface area contributed by atoms with E-state index in [0.717, 1.165) is 5.56 Å². The van der Waals surface area contributed by atoms with Gasteiger partial charge < -0.3 is 10.3 Å². The van der Waals surface area contributed by atoms with E-state index in [0.29, 0.717) is 16.4 Å². The van der Waals surface area contributed by atoms with Crippen LogP contribution in [0.2, 0.25) is 5.02 Å². The van der Waals surface area contributed by atoms with E-state index in [9.17, 15) is 9.59 Å². The Kier molecular flexibility index (Phi) is 4.64. The molecule has 0 bridgehead atoms. The summed E-state index contributed by atoms with van der Waals surface area (Å²) in [5.74, 6) is -0.598. The maximum Gasteiger partial charge on any atom is 0.261 e. The maximum absolute atomic E-state index is 12.4. The van der Waals surface area contributed by atoms with E-state index in [2.05, 4.69) is 10.3 Å². The number of aromatic nitrogens is 1. The topological polar surface area (TPSA) is 85.8 Å². The number of carbonyl (C=O) groups excluding carboxylic acids is 1. The van der Waals surface area contributed by atoms with Gasteiger partial charge in [-0.05, 0) is 35.9 Å². The number of pyridine rings is 1. The fraction of sp³-hybridized carbons (Fsp3) is 0. The van der Waals surface area contributed by atoms with Crippen LogP contribution in [-0.2, 0) is 0 Å². The number of carbonyl (C=O) groups is 1. The number of nitrogens with one attached hydrogen (secondary N) is 2. The Morgan fingerprint density at radius 1 is 1.08 bits per heavy atom. The first-order valence-corrected chi connectivity index (χ1v) is 7.76. The molecule has 1 heterocycles. The molecule has 25 heavy (non-hydrogen) atoms. The number of nitriles is 1. The predicted molar refractivity (Wildman–Crippen MR) is 96.6 cm³/mol. The zero-order valence-corrected chi connectivity index (χ0v) is 13.7. The molecule has 0 aliphatic carbocycles. The number of rotatable bonds is 3. The van der Waals surface area contributed by atoms with Crippen molar-refractivity contribution in [3.63, 3.8) is 0 Å². The van der Waals surface area contributed by atoms with E-state index in [1.54, 1.807) is 12.1 Å². The first kappa shape index (κ1) is 16.5. The van der Waals surface area contributed by atoms with E-state index >= 15 is 0 Å². The summed E-state index contributed by atoms with van der Waals surface area (Å²) >= 11 is 5.83. The SMILES string of the molecule is N#Cc1cc(Cl)ccc1NC(=O)c1ccc(-c2ccccc2)[nH]c1=O. The van der Waals surface area contributed by atoms with E-state index in [1.807, 2.05) is 36.4 Å². The fourth-order valence-electron chi connectivity index (χ4n) is 2.35. The number of amides is 1. The van der Waals surface area contributed by atoms with Crippen molar-refractivity contribution in [1.29, 1.82) is 5.26 Å². The molecular weight excluding hydrogens is 338 g/mol. The van der Waals surface area contributed by atoms with Crippen LogP contribution in [0.15, 0.2) is 65.5 Å². The molecule has 1 aromatic heterocycles. The lowest BCUT2D eigenvalue weighted by molar-refractivity contribution is 0.102. The molecule has 3 rings (SSSR count). The van der Waals surface area contributed by atoms with Gasteiger partial charge in [-0.25, -0.2) is 0 Å². The second-order valence-electron chi connectivity index (χ2n) is 5.24. The molecule has 0 radical (unpaired) electrons. The number of hydrogen-bond donors (Lipinski definition) is 2. The average molecular weight is 350 g/mol. The molecule has 0 atom stereocenters. The van der Waals surface area contributed by atoms with Crippen LogP contribution in [0.3, 0.4) is 0 Å². The third-order valence-electron chi connectivity index (χ3n) is 3.59. The summed E-state index contributed by atoms with van der Waals surface area (Å²) in [5, 5.41) is 12.1. The molecule has 6 heteroatoms. The highest BCUT2D eigenvalue weighted by Crippen LogP contribution is 2.20. The van der Waals surface area contributed by atoms with Crippen molar-refractivity contribution in [2.75, 3.05) is 5.32 Å². The molecule has 2 aromatic carbocycles. The zero-order valence-electron chi connectivity index (χ0n) is 12.9. The van der Waals surface area contributed by atoms with Crippen molar-refractivity contribution in [2.45, 2.75) is 0 Å². The van der Waals surface area contributed by atoms with Gasteiger partial charge in [-0.2, -0.15) is 5.26 Å². The molecule has 0 aliphatic rings. The molecule has 0 fully saturated rings. The Bertz CT molecular complexity index is 1040. The minimum Gasteiger partial charge on any atom is -0.321 e. The number of halogens is 1. The first-order valence-electron chi connectivity index (χ1n) is 7.38. The lowest BCUT2D eigenvalue weighted by Crippen LogP contribution is -2.23. The third-order valence-corrected chi connectivity index (χ3v) is 3.82. The van der Waals surface area contributed by atoms with Gasteiger partial charge in [0.15, 0.2) is 0 Å². The molecule has 122 valence electrons. The molecule has 1 amide bonds. The van der Waals surface area contributed by atoms with Gasteiger partial charge in [0.2, 0.25) is 0 Å². The van der Waals surface area contributed by atoms with Gasteiger partial charge in [-0.3, -0.25) is 9.59 Å². The maximum atomic E-state index is 12.4. The van der Waals surface area contributed by atoms with Crippen LogP contribution in [0.1, 0.15) is 15.9 Å². The summed E-state index contributed by atoms with van der Waals surface area (Å²) in [6, 6.07) is 18.9. The largest absolute Gasteiger partial charge is 0.321 e. The molecule has 0 saturated heterocycles. The standard InChI is InChI=1S/C19H12ClN3O2/c20-14-6-8-17(13(10-14)11-21)23-19(25)15-7-9-16(22-18(15)24)12-4-2-1-3-5-12/h1-10H,(H,22,24)(H,23,25). The highest BCUT2D eigenvalue weighted by Gasteiger charge is 2.14. The Labute approximate surface area is 148 Å². The molecule has 5 nitrogen and oxygen atoms in total. The molecule has 0 aliphatic heterocycles. The molecular formula is C19H12ClN3O2. The van der Waals surface area contributed by atoms with E-state index in [1.165, 1.54) is 18.2 Å². The van der Waals surface area contributed by atoms with Gasteiger partial charge in [0.1, 0.15) is 11.6 Å². The summed E-state index contributed by atoms with van der Waals surface area (Å²) in [6.07, 6.45) is 0. The lowest BCUT2D eigenvalue weighted by atomic mass is 10.1. The highest BCUT2D eigenvalue weighted by atomic mass is 35.5. The van der Waals surface area contributed by atoms with Crippen LogP contribution in [-0.4, -0.2) is 10.9 Å². The van der Waals surface area contributed by atoms with Crippen LogP contribution in [0.5, 0.6) is 0 Å². The normalized spacial score (nSPS) is 10.1. The van der Waals surface area contributed by atoms with Gasteiger partial charge in [-0.15, -0.1) is 0 Å². The van der Waals surface area contributed by atoms with Crippen molar-refractivity contribution in [2.24, 2.45) is 0 Å². The van der Waals surface area contributed by atoms with E-state index in [4.69, 9.17) is 16.9 Å². The van der Waals surface area contributed by atoms with E-state index < -0.39 is 11.5 Å². The number of H-pyrrole nitrogens is 1. The van der Waals surface area contributed by atoms with Gasteiger partial charge in [0.25, 0.3) is 11.5 Å². The monoisotopic (exact) mass is 349 g/mol. The van der Waals surface area contributed by atoms with Crippen LogP contribution < -0.4 is 10.9 Å². The van der Waals surface area contributed by atoms with Crippen LogP contribution in [0, 0.1) is 11.3 Å². The molecule has 0 spiro atoms. The first-order chi connectivity index (χ1) is 12.1. The number of nitrogens with zero attached hydrogens (tertiary/aromatic N) is 1. The Hall–Kier alpha value is -3.36. The quantitative estimate of drug-likeness (QED) is 0.753. The summed E-state index contributed by atoms with van der Waals surface area (Å²) < 4.78 is 0. The lowest BCUT2D eigenvalue weighted by Gasteiger charge is -2.08. The van der Waals surface area contributed by atoms with Crippen molar-refractivity contribution >= 4 is 23.2 Å². The molecule has 0 saturated carbocycles. The second-order valence-corrected chi connectivity index (χ2v) is 5.67. The number of anilines is 1. The van der Waals surface area contributed by atoms with Crippen LogP contribution in [0.4, 0.5) is 5.69 Å². The van der Waals surface area contributed by atoms with Gasteiger partial charge in [-0.1, -0.05) is 41.9 Å². The Morgan fingerprint density at radius 3 is 2.52 bits per heavy atom. The van der Waals surface area contributed by atoms with Crippen LogP contribution in [0.25, 0.3) is 11.3 Å². The number of benzene rings is 2. The van der Waals surface area contributed by atoms with Crippen molar-refractivity contribution in [3.05, 3.63) is 87.2 Å². The van der Waals surface area contributed by atoms with Crippen molar-refractivity contribution in [3.8, 4) is 17.3 Å². The molecule has 3 aromatic rings. The second kappa shape index (κ2) is 7.04. The van der Waals surface area contributed by atoms with Gasteiger partial charge in [0, 0.05) is 10.7 Å². The van der Waals surface area contributed by atoms with Gasteiger partial charge in [0.05, 0.1) is 11.3 Å². The Morgan fingerprint density at radius 2 is 1.84 bits per heavy atom. The number of aromatic amines is 1. The summed E-state index contributed by atoms with van der Waals surface area (Å²) in [7, 11) is 0. The van der Waals surface area contributed by atoms with E-state index in [-0.39, 0.29) is 11.1 Å². The van der Waals surface area contributed by atoms with Crippen molar-refractivity contribution < 1.29 is 4.79 Å². The van der Waals surface area contributed by atoms with Crippen LogP contribution >= 0.6 is 11.6 Å². The Balaban J connectivity index is 1.89. The zero-order chi connectivity index (χ0) is 17.8. The van der Waals surface area contributed by atoms with Crippen molar-refractivity contribution in [1.82, 2.24) is 4.98 Å².